The molecule has 1 atom stereocenters. The molecule has 236 valence electrons. The summed E-state index contributed by atoms with van der Waals surface area (Å²) in [6.07, 6.45) is 2.34. The number of carbonyl (C=O) groups is 4. The number of rotatable bonds is 13. The van der Waals surface area contributed by atoms with Crippen molar-refractivity contribution in [1.29, 1.82) is 0 Å². The van der Waals surface area contributed by atoms with Gasteiger partial charge in [0, 0.05) is 31.9 Å². The van der Waals surface area contributed by atoms with E-state index in [1.165, 1.54) is 7.05 Å². The zero-order valence-corrected chi connectivity index (χ0v) is 26.1. The number of Topliss-reactive ketones (excluding diaryl/α,β-unsaturated/α-hetero) is 1. The third-order valence-electron chi connectivity index (χ3n) is 6.41. The second kappa shape index (κ2) is 15.1. The van der Waals surface area contributed by atoms with Crippen LogP contribution in [0.1, 0.15) is 52.2 Å². The fourth-order valence-corrected chi connectivity index (χ4v) is 4.12. The summed E-state index contributed by atoms with van der Waals surface area (Å²) in [5.74, 6) is -1.35. The van der Waals surface area contributed by atoms with Crippen molar-refractivity contribution in [2.75, 3.05) is 24.3 Å². The number of hydrogen-bond acceptors (Lipinski definition) is 7. The Kier molecular flexibility index (Phi) is 11.6. The van der Waals surface area contributed by atoms with Crippen molar-refractivity contribution in [3.05, 3.63) is 78.2 Å². The van der Waals surface area contributed by atoms with E-state index in [1.54, 1.807) is 57.8 Å². The van der Waals surface area contributed by atoms with E-state index in [4.69, 9.17) is 9.47 Å². The molecule has 2 aromatic carbocycles. The number of ether oxygens (including phenoxy) is 2. The van der Waals surface area contributed by atoms with Crippen molar-refractivity contribution in [1.82, 2.24) is 20.2 Å². The van der Waals surface area contributed by atoms with Crippen LogP contribution in [0, 0.1) is 5.92 Å². The van der Waals surface area contributed by atoms with Crippen LogP contribution < -0.4 is 21.3 Å². The van der Waals surface area contributed by atoms with Gasteiger partial charge in [-0.2, -0.15) is 0 Å². The Bertz CT molecular complexity index is 1430. The summed E-state index contributed by atoms with van der Waals surface area (Å²) in [5.41, 5.74) is 0.460. The summed E-state index contributed by atoms with van der Waals surface area (Å²) in [7, 11) is 1.54. The quantitative estimate of drug-likeness (QED) is 0.220. The molecule has 0 aliphatic heterocycles. The minimum atomic E-state index is -1.29. The molecule has 0 fully saturated rings. The number of benzene rings is 2. The summed E-state index contributed by atoms with van der Waals surface area (Å²) >= 11 is 0. The Balaban J connectivity index is 1.68. The minimum Gasteiger partial charge on any atom is -0.444 e. The highest BCUT2D eigenvalue weighted by molar-refractivity contribution is 5.98. The molecule has 0 bridgehead atoms. The fourth-order valence-electron chi connectivity index (χ4n) is 4.12. The molecule has 0 radical (unpaired) electrons. The molecule has 12 nitrogen and oxygen atoms in total. The van der Waals surface area contributed by atoms with Crippen LogP contribution in [0.2, 0.25) is 0 Å². The number of ketones is 1. The van der Waals surface area contributed by atoms with E-state index < -0.39 is 29.1 Å². The molecule has 0 aliphatic rings. The topological polar surface area (TPSA) is 153 Å². The maximum Gasteiger partial charge on any atom is 0.408 e. The largest absolute Gasteiger partial charge is 0.444 e. The molecule has 12 heteroatoms. The second-order valence-corrected chi connectivity index (χ2v) is 11.9. The molecular weight excluding hydrogens is 564 g/mol. The van der Waals surface area contributed by atoms with Gasteiger partial charge in [-0.25, -0.2) is 14.6 Å². The van der Waals surface area contributed by atoms with Gasteiger partial charge in [0.15, 0.2) is 11.6 Å². The Morgan fingerprint density at radius 1 is 0.932 bits per heavy atom. The Morgan fingerprint density at radius 2 is 1.64 bits per heavy atom. The summed E-state index contributed by atoms with van der Waals surface area (Å²) in [6, 6.07) is 16.5. The first-order valence-corrected chi connectivity index (χ1v) is 14.3. The van der Waals surface area contributed by atoms with Crippen molar-refractivity contribution in [2.45, 2.75) is 65.3 Å². The molecular formula is C32H42N6O6. The van der Waals surface area contributed by atoms with Crippen LogP contribution in [-0.4, -0.2) is 58.2 Å². The molecule has 0 spiro atoms. The molecule has 4 amide bonds. The number of aromatic nitrogens is 2. The number of alkyl carbamates (subject to hydrolysis) is 1. The Hall–Kier alpha value is -4.71. The number of nitrogens with one attached hydrogen (secondary N) is 4. The number of carbonyl (C=O) groups excluding carboxylic acids is 4. The molecule has 0 saturated carbocycles. The third-order valence-corrected chi connectivity index (χ3v) is 6.41. The zero-order valence-electron chi connectivity index (χ0n) is 26.1. The Morgan fingerprint density at radius 3 is 2.32 bits per heavy atom. The van der Waals surface area contributed by atoms with E-state index in [-0.39, 0.29) is 31.4 Å². The number of hydrogen-bond donors (Lipinski definition) is 4. The SMILES string of the molecule is CNC(=O)Nc1cccc(Cn2cnc(NC(=O)[C@@H](COCc3ccccc3)CC(=O)C(C)(C)NC(=O)OC(C)(C)C)c2)c1. The molecule has 1 aromatic heterocycles. The van der Waals surface area contributed by atoms with Crippen molar-refractivity contribution in [3.63, 3.8) is 0 Å². The average molecular weight is 607 g/mol. The number of nitrogens with zero attached hydrogens (tertiary/aromatic N) is 2. The minimum absolute atomic E-state index is 0.0270. The van der Waals surface area contributed by atoms with Gasteiger partial charge in [-0.1, -0.05) is 42.5 Å². The highest BCUT2D eigenvalue weighted by Crippen LogP contribution is 2.19. The lowest BCUT2D eigenvalue weighted by Gasteiger charge is -2.28. The van der Waals surface area contributed by atoms with Crippen LogP contribution in [-0.2, 0) is 32.2 Å². The lowest BCUT2D eigenvalue weighted by atomic mass is 9.90. The molecule has 44 heavy (non-hydrogen) atoms. The number of anilines is 2. The van der Waals surface area contributed by atoms with E-state index in [0.29, 0.717) is 18.1 Å². The van der Waals surface area contributed by atoms with Crippen LogP contribution >= 0.6 is 0 Å². The lowest BCUT2D eigenvalue weighted by molar-refractivity contribution is -0.131. The second-order valence-electron chi connectivity index (χ2n) is 11.9. The third kappa shape index (κ3) is 11.2. The van der Waals surface area contributed by atoms with Gasteiger partial charge in [0.1, 0.15) is 5.60 Å². The summed E-state index contributed by atoms with van der Waals surface area (Å²) in [5, 5.41) is 10.6. The van der Waals surface area contributed by atoms with E-state index in [2.05, 4.69) is 26.3 Å². The van der Waals surface area contributed by atoms with Gasteiger partial charge in [-0.05, 0) is 57.9 Å². The predicted octanol–water partition coefficient (Wildman–Crippen LogP) is 4.72. The van der Waals surface area contributed by atoms with Crippen LogP contribution in [0.4, 0.5) is 21.1 Å². The van der Waals surface area contributed by atoms with Crippen LogP contribution in [0.5, 0.6) is 0 Å². The van der Waals surface area contributed by atoms with Gasteiger partial charge in [-0.15, -0.1) is 0 Å². The normalized spacial score (nSPS) is 12.1. The van der Waals surface area contributed by atoms with E-state index in [9.17, 15) is 19.2 Å². The standard InChI is InChI=1S/C32H42N6O6/c1-31(2,3)44-30(42)37-32(4,5)26(39)16-24(20-43-19-22-11-8-7-9-12-22)28(40)36-27-18-38(21-34-27)17-23-13-10-14-25(15-23)35-29(41)33-6/h7-15,18,21,24H,16-17,19-20H2,1-6H3,(H,36,40)(H,37,42)(H2,33,35,41)/t24-/m1/s1. The van der Waals surface area contributed by atoms with Crippen LogP contribution in [0.3, 0.4) is 0 Å². The van der Waals surface area contributed by atoms with Crippen LogP contribution in [0.15, 0.2) is 67.1 Å². The molecule has 1 heterocycles. The molecule has 0 unspecified atom stereocenters. The molecule has 3 aromatic rings. The van der Waals surface area contributed by atoms with E-state index >= 15 is 0 Å². The first kappa shape index (κ1) is 33.8. The van der Waals surface area contributed by atoms with Crippen molar-refractivity contribution in [2.24, 2.45) is 5.92 Å². The molecule has 0 saturated heterocycles. The van der Waals surface area contributed by atoms with Gasteiger partial charge in [-0.3, -0.25) is 9.59 Å². The smallest absolute Gasteiger partial charge is 0.408 e. The number of imidazole rings is 1. The number of urea groups is 1. The van der Waals surface area contributed by atoms with Gasteiger partial charge in [0.2, 0.25) is 5.91 Å². The van der Waals surface area contributed by atoms with E-state index in [1.807, 2.05) is 48.5 Å². The summed E-state index contributed by atoms with van der Waals surface area (Å²) in [4.78, 5) is 55.0. The molecule has 0 aliphatic carbocycles. The van der Waals surface area contributed by atoms with Crippen molar-refractivity contribution in [3.8, 4) is 0 Å². The van der Waals surface area contributed by atoms with Crippen LogP contribution in [0.25, 0.3) is 0 Å². The zero-order chi connectivity index (χ0) is 32.3. The van der Waals surface area contributed by atoms with E-state index in [0.717, 1.165) is 11.1 Å². The van der Waals surface area contributed by atoms with Gasteiger partial charge in [0.25, 0.3) is 0 Å². The van der Waals surface area contributed by atoms with Crippen molar-refractivity contribution >= 4 is 35.3 Å². The highest BCUT2D eigenvalue weighted by atomic mass is 16.6. The predicted molar refractivity (Wildman–Crippen MR) is 167 cm³/mol. The maximum absolute atomic E-state index is 13.4. The fraction of sp³-hybridized carbons (Fsp3) is 0.406. The van der Waals surface area contributed by atoms with Crippen molar-refractivity contribution < 1.29 is 28.7 Å². The lowest BCUT2D eigenvalue weighted by Crippen LogP contribution is -2.52. The van der Waals surface area contributed by atoms with Gasteiger partial charge >= 0.3 is 12.1 Å². The van der Waals surface area contributed by atoms with Gasteiger partial charge < -0.3 is 35.3 Å². The van der Waals surface area contributed by atoms with Gasteiger partial charge in [0.05, 0.1) is 31.0 Å². The number of amides is 4. The first-order chi connectivity index (χ1) is 20.7. The average Bonchev–Trinajstić information content (AvgIpc) is 3.37. The Labute approximate surface area is 257 Å². The molecule has 4 N–H and O–H groups in total. The highest BCUT2D eigenvalue weighted by Gasteiger charge is 2.35. The summed E-state index contributed by atoms with van der Waals surface area (Å²) < 4.78 is 12.9. The maximum atomic E-state index is 13.4. The molecule has 3 rings (SSSR count). The first-order valence-electron chi connectivity index (χ1n) is 14.3. The monoisotopic (exact) mass is 606 g/mol. The summed E-state index contributed by atoms with van der Waals surface area (Å²) in [6.45, 7) is 9.01.